The molecular weight excluding hydrogens is 388 g/mol. The van der Waals surface area contributed by atoms with E-state index in [0.29, 0.717) is 19.0 Å². The summed E-state index contributed by atoms with van der Waals surface area (Å²) >= 11 is 0. The average Bonchev–Trinajstić information content (AvgIpc) is 2.77. The Morgan fingerprint density at radius 1 is 1.00 bits per heavy atom. The van der Waals surface area contributed by atoms with Gasteiger partial charge in [0, 0.05) is 47.9 Å². The van der Waals surface area contributed by atoms with Crippen LogP contribution in [0.15, 0.2) is 0 Å². The fourth-order valence-corrected chi connectivity index (χ4v) is 5.17. The number of aromatic nitrogens is 2. The Kier molecular flexibility index (Phi) is 8.44. The molecule has 2 heterocycles. The quantitative estimate of drug-likeness (QED) is 0.705. The molecule has 1 aliphatic heterocycles. The molecule has 6 nitrogen and oxygen atoms in total. The molecule has 1 aromatic rings. The van der Waals surface area contributed by atoms with E-state index in [1.54, 1.807) is 0 Å². The first-order valence-electron chi connectivity index (χ1n) is 12.3. The number of carbonyl (C=O) groups excluding carboxylic acids is 2. The lowest BCUT2D eigenvalue weighted by Gasteiger charge is -2.34. The Morgan fingerprint density at radius 3 is 2.26 bits per heavy atom. The van der Waals surface area contributed by atoms with E-state index in [4.69, 9.17) is 9.97 Å². The smallest absolute Gasteiger partial charge is 0.225 e. The summed E-state index contributed by atoms with van der Waals surface area (Å²) in [7, 11) is 0. The number of nitrogens with one attached hydrogen (secondary N) is 1. The van der Waals surface area contributed by atoms with E-state index in [1.165, 1.54) is 19.3 Å². The number of amides is 2. The highest BCUT2D eigenvalue weighted by Crippen LogP contribution is 2.28. The van der Waals surface area contributed by atoms with Crippen molar-refractivity contribution in [2.24, 2.45) is 5.92 Å². The zero-order chi connectivity index (χ0) is 22.4. The maximum atomic E-state index is 12.9. The van der Waals surface area contributed by atoms with Gasteiger partial charge in [0.15, 0.2) is 0 Å². The molecule has 0 spiro atoms. The number of piperidine rings is 1. The van der Waals surface area contributed by atoms with Crippen molar-refractivity contribution < 1.29 is 9.59 Å². The summed E-state index contributed by atoms with van der Waals surface area (Å²) in [6, 6.07) is 0.322. The molecule has 1 unspecified atom stereocenters. The van der Waals surface area contributed by atoms with Gasteiger partial charge in [0.1, 0.15) is 5.82 Å². The molecule has 1 N–H and O–H groups in total. The molecule has 1 aliphatic carbocycles. The van der Waals surface area contributed by atoms with Crippen LogP contribution in [-0.2, 0) is 16.0 Å². The first kappa shape index (κ1) is 23.7. The minimum absolute atomic E-state index is 0.0778. The molecule has 3 rings (SSSR count). The second-order valence-electron chi connectivity index (χ2n) is 9.45. The SMILES string of the molecule is CCC(CC)C(=O)N1CCCC(c2nc(C)c(CC(=O)NC3CCCCC3)c(C)n2)C1. The van der Waals surface area contributed by atoms with E-state index in [-0.39, 0.29) is 23.7 Å². The highest BCUT2D eigenvalue weighted by molar-refractivity contribution is 5.79. The second kappa shape index (κ2) is 11.1. The van der Waals surface area contributed by atoms with E-state index < -0.39 is 0 Å². The van der Waals surface area contributed by atoms with E-state index in [2.05, 4.69) is 19.2 Å². The van der Waals surface area contributed by atoms with Crippen molar-refractivity contribution in [2.75, 3.05) is 13.1 Å². The fourth-order valence-electron chi connectivity index (χ4n) is 5.17. The number of nitrogens with zero attached hydrogens (tertiary/aromatic N) is 3. The first-order valence-corrected chi connectivity index (χ1v) is 12.3. The van der Waals surface area contributed by atoms with Gasteiger partial charge >= 0.3 is 0 Å². The van der Waals surface area contributed by atoms with Gasteiger partial charge in [-0.25, -0.2) is 9.97 Å². The largest absolute Gasteiger partial charge is 0.353 e. The van der Waals surface area contributed by atoms with E-state index in [0.717, 1.165) is 67.8 Å². The van der Waals surface area contributed by atoms with Crippen LogP contribution in [-0.4, -0.2) is 45.8 Å². The molecule has 2 amide bonds. The number of rotatable bonds is 7. The molecule has 0 radical (unpaired) electrons. The van der Waals surface area contributed by atoms with Crippen LogP contribution in [0.5, 0.6) is 0 Å². The Morgan fingerprint density at radius 2 is 1.65 bits per heavy atom. The third kappa shape index (κ3) is 6.05. The van der Waals surface area contributed by atoms with Crippen molar-refractivity contribution in [2.45, 2.75) is 104 Å². The molecule has 1 atom stereocenters. The minimum atomic E-state index is 0.0778. The molecule has 31 heavy (non-hydrogen) atoms. The summed E-state index contributed by atoms with van der Waals surface area (Å²) in [5, 5.41) is 3.20. The molecule has 0 bridgehead atoms. The molecule has 1 saturated carbocycles. The lowest BCUT2D eigenvalue weighted by atomic mass is 9.93. The monoisotopic (exact) mass is 428 g/mol. The Labute approximate surface area is 187 Å². The Bertz CT molecular complexity index is 746. The van der Waals surface area contributed by atoms with Crippen molar-refractivity contribution in [3.8, 4) is 0 Å². The van der Waals surface area contributed by atoms with Gasteiger partial charge in [-0.1, -0.05) is 33.1 Å². The third-order valence-corrected chi connectivity index (χ3v) is 7.18. The fraction of sp³-hybridized carbons (Fsp3) is 0.760. The van der Waals surface area contributed by atoms with Crippen LogP contribution in [0.4, 0.5) is 0 Å². The van der Waals surface area contributed by atoms with Crippen molar-refractivity contribution >= 4 is 11.8 Å². The highest BCUT2D eigenvalue weighted by Gasteiger charge is 2.30. The molecule has 6 heteroatoms. The summed E-state index contributed by atoms with van der Waals surface area (Å²) in [4.78, 5) is 37.1. The lowest BCUT2D eigenvalue weighted by Crippen LogP contribution is -2.42. The summed E-state index contributed by atoms with van der Waals surface area (Å²) in [6.45, 7) is 9.69. The molecule has 172 valence electrons. The van der Waals surface area contributed by atoms with Crippen LogP contribution in [0, 0.1) is 19.8 Å². The third-order valence-electron chi connectivity index (χ3n) is 7.18. The molecular formula is C25H40N4O2. The van der Waals surface area contributed by atoms with Crippen LogP contribution in [0.3, 0.4) is 0 Å². The van der Waals surface area contributed by atoms with Gasteiger partial charge in [-0.2, -0.15) is 0 Å². The van der Waals surface area contributed by atoms with Gasteiger partial charge in [0.05, 0.1) is 6.42 Å². The summed E-state index contributed by atoms with van der Waals surface area (Å²) in [6.07, 6.45) is 10.0. The summed E-state index contributed by atoms with van der Waals surface area (Å²) in [5.74, 6) is 1.48. The number of carbonyl (C=O) groups is 2. The number of likely N-dealkylation sites (tertiary alicyclic amines) is 1. The molecule has 2 aliphatic rings. The topological polar surface area (TPSA) is 75.2 Å². The summed E-state index contributed by atoms with van der Waals surface area (Å²) < 4.78 is 0. The summed E-state index contributed by atoms with van der Waals surface area (Å²) in [5.41, 5.74) is 2.73. The number of aryl methyl sites for hydroxylation is 2. The lowest BCUT2D eigenvalue weighted by molar-refractivity contribution is -0.137. The van der Waals surface area contributed by atoms with Crippen LogP contribution in [0.1, 0.15) is 100 Å². The van der Waals surface area contributed by atoms with Gasteiger partial charge in [-0.3, -0.25) is 9.59 Å². The molecule has 1 aromatic heterocycles. The van der Waals surface area contributed by atoms with E-state index >= 15 is 0 Å². The molecule has 0 aromatic carbocycles. The van der Waals surface area contributed by atoms with E-state index in [1.807, 2.05) is 18.7 Å². The van der Waals surface area contributed by atoms with Crippen molar-refractivity contribution in [3.05, 3.63) is 22.8 Å². The molecule has 2 fully saturated rings. The zero-order valence-corrected chi connectivity index (χ0v) is 19.9. The minimum Gasteiger partial charge on any atom is -0.353 e. The van der Waals surface area contributed by atoms with Crippen molar-refractivity contribution in [1.29, 1.82) is 0 Å². The van der Waals surface area contributed by atoms with Crippen LogP contribution >= 0.6 is 0 Å². The predicted octanol–water partition coefficient (Wildman–Crippen LogP) is 4.23. The van der Waals surface area contributed by atoms with Gasteiger partial charge < -0.3 is 10.2 Å². The van der Waals surface area contributed by atoms with Crippen LogP contribution in [0.2, 0.25) is 0 Å². The van der Waals surface area contributed by atoms with Gasteiger partial charge in [-0.15, -0.1) is 0 Å². The second-order valence-corrected chi connectivity index (χ2v) is 9.45. The van der Waals surface area contributed by atoms with Crippen LogP contribution in [0.25, 0.3) is 0 Å². The molecule has 1 saturated heterocycles. The maximum absolute atomic E-state index is 12.9. The van der Waals surface area contributed by atoms with Crippen molar-refractivity contribution in [1.82, 2.24) is 20.2 Å². The zero-order valence-electron chi connectivity index (χ0n) is 19.9. The van der Waals surface area contributed by atoms with Crippen molar-refractivity contribution in [3.63, 3.8) is 0 Å². The van der Waals surface area contributed by atoms with Gasteiger partial charge in [0.2, 0.25) is 11.8 Å². The maximum Gasteiger partial charge on any atom is 0.225 e. The van der Waals surface area contributed by atoms with Crippen LogP contribution < -0.4 is 5.32 Å². The number of hydrogen-bond acceptors (Lipinski definition) is 4. The standard InChI is InChI=1S/C25H40N4O2/c1-5-19(6-2)25(31)29-14-10-11-20(16-29)24-26-17(3)22(18(4)27-24)15-23(30)28-21-12-8-7-9-13-21/h19-21H,5-16H2,1-4H3,(H,28,30). The Hall–Kier alpha value is -1.98. The first-order chi connectivity index (χ1) is 14.9. The van der Waals surface area contributed by atoms with Gasteiger partial charge in [0.25, 0.3) is 0 Å². The Balaban J connectivity index is 1.66. The van der Waals surface area contributed by atoms with E-state index in [9.17, 15) is 9.59 Å². The normalized spacial score (nSPS) is 20.2. The number of hydrogen-bond donors (Lipinski definition) is 1. The highest BCUT2D eigenvalue weighted by atomic mass is 16.2. The average molecular weight is 429 g/mol. The predicted molar refractivity (Wildman–Crippen MR) is 123 cm³/mol. The van der Waals surface area contributed by atoms with Gasteiger partial charge in [-0.05, 0) is 52.4 Å².